The number of carbonyl (C=O) groups is 1. The average Bonchev–Trinajstić information content (AvgIpc) is 2.36. The second-order valence-corrected chi connectivity index (χ2v) is 6.85. The molecule has 1 nitrogen and oxygen atoms in total. The second-order valence-electron chi connectivity index (χ2n) is 6.85. The van der Waals surface area contributed by atoms with Crippen LogP contribution in [0.2, 0.25) is 0 Å². The summed E-state index contributed by atoms with van der Waals surface area (Å²) in [6.45, 7) is 0. The Balaban J connectivity index is 1.68. The van der Waals surface area contributed by atoms with Crippen LogP contribution in [0.1, 0.15) is 37.7 Å². The molecular weight excluding hydrogens is 220 g/mol. The maximum Gasteiger partial charge on any atom is 0.142 e. The zero-order valence-corrected chi connectivity index (χ0v) is 10.8. The summed E-state index contributed by atoms with van der Waals surface area (Å²) in [4.78, 5) is 12.7. The minimum atomic E-state index is 0.0239. The molecule has 0 heterocycles. The van der Waals surface area contributed by atoms with Crippen LogP contribution in [0, 0.1) is 23.2 Å². The highest BCUT2D eigenvalue weighted by Crippen LogP contribution is 2.59. The van der Waals surface area contributed by atoms with Gasteiger partial charge in [-0.2, -0.15) is 0 Å². The number of benzene rings is 1. The first kappa shape index (κ1) is 10.8. The standard InChI is InChI=1S/C17H20O/c18-16-15-7-13-6-14(8-15)11-17(16,10-13)9-12-4-2-1-3-5-12/h1-5,13-15H,6-11H2. The molecule has 0 spiro atoms. The van der Waals surface area contributed by atoms with E-state index in [0.29, 0.717) is 11.7 Å². The van der Waals surface area contributed by atoms with Crippen molar-refractivity contribution in [3.05, 3.63) is 35.9 Å². The largest absolute Gasteiger partial charge is 0.299 e. The number of carbonyl (C=O) groups excluding carboxylic acids is 1. The molecule has 0 N–H and O–H groups in total. The lowest BCUT2D eigenvalue weighted by atomic mass is 9.48. The Morgan fingerprint density at radius 3 is 2.33 bits per heavy atom. The van der Waals surface area contributed by atoms with Crippen LogP contribution in [-0.4, -0.2) is 5.78 Å². The number of Topliss-reactive ketones (excluding diaryl/α,β-unsaturated/α-hetero) is 1. The predicted octanol–water partition coefficient (Wildman–Crippen LogP) is 3.62. The Morgan fingerprint density at radius 1 is 1.00 bits per heavy atom. The smallest absolute Gasteiger partial charge is 0.142 e. The number of ketones is 1. The SMILES string of the molecule is O=C1C2CC3CC(C2)CC1(Cc1ccccc1)C3. The van der Waals surface area contributed by atoms with E-state index in [0.717, 1.165) is 18.3 Å². The van der Waals surface area contributed by atoms with E-state index in [4.69, 9.17) is 0 Å². The van der Waals surface area contributed by atoms with Gasteiger partial charge in [0, 0.05) is 11.3 Å². The van der Waals surface area contributed by atoms with Crippen molar-refractivity contribution in [1.29, 1.82) is 0 Å². The van der Waals surface area contributed by atoms with Gasteiger partial charge in [0.2, 0.25) is 0 Å². The van der Waals surface area contributed by atoms with Gasteiger partial charge in [0.05, 0.1) is 0 Å². The Bertz CT molecular complexity index is 462. The van der Waals surface area contributed by atoms with Gasteiger partial charge in [0.15, 0.2) is 0 Å². The Hall–Kier alpha value is -1.11. The summed E-state index contributed by atoms with van der Waals surface area (Å²) < 4.78 is 0. The molecule has 2 unspecified atom stereocenters. The van der Waals surface area contributed by atoms with Crippen LogP contribution in [0.15, 0.2) is 30.3 Å². The fourth-order valence-corrected chi connectivity index (χ4v) is 5.15. The highest BCUT2D eigenvalue weighted by molar-refractivity contribution is 5.89. The van der Waals surface area contributed by atoms with Crippen LogP contribution < -0.4 is 0 Å². The molecular formula is C17H20O. The van der Waals surface area contributed by atoms with Crippen molar-refractivity contribution in [2.75, 3.05) is 0 Å². The van der Waals surface area contributed by atoms with Gasteiger partial charge in [-0.05, 0) is 55.9 Å². The molecule has 0 saturated heterocycles. The maximum atomic E-state index is 12.7. The summed E-state index contributed by atoms with van der Waals surface area (Å²) >= 11 is 0. The highest BCUT2D eigenvalue weighted by atomic mass is 16.1. The molecule has 94 valence electrons. The Labute approximate surface area is 109 Å². The summed E-state index contributed by atoms with van der Waals surface area (Å²) in [5.41, 5.74) is 1.38. The molecule has 5 rings (SSSR count). The fraction of sp³-hybridized carbons (Fsp3) is 0.588. The van der Waals surface area contributed by atoms with Gasteiger partial charge < -0.3 is 0 Å². The van der Waals surface area contributed by atoms with Gasteiger partial charge in [-0.15, -0.1) is 0 Å². The van der Waals surface area contributed by atoms with Crippen molar-refractivity contribution in [1.82, 2.24) is 0 Å². The molecule has 4 aliphatic carbocycles. The Morgan fingerprint density at radius 2 is 1.67 bits per heavy atom. The summed E-state index contributed by atoms with van der Waals surface area (Å²) in [5.74, 6) is 2.73. The van der Waals surface area contributed by atoms with Crippen molar-refractivity contribution < 1.29 is 4.79 Å². The second kappa shape index (κ2) is 3.69. The van der Waals surface area contributed by atoms with Crippen molar-refractivity contribution in [2.45, 2.75) is 38.5 Å². The lowest BCUT2D eigenvalue weighted by molar-refractivity contribution is -0.152. The lowest BCUT2D eigenvalue weighted by Gasteiger charge is -2.55. The van der Waals surface area contributed by atoms with E-state index in [-0.39, 0.29) is 5.41 Å². The fourth-order valence-electron chi connectivity index (χ4n) is 5.15. The van der Waals surface area contributed by atoms with E-state index in [1.54, 1.807) is 0 Å². The molecule has 4 fully saturated rings. The first-order valence-corrected chi connectivity index (χ1v) is 7.33. The van der Waals surface area contributed by atoms with Crippen molar-refractivity contribution in [2.24, 2.45) is 23.2 Å². The van der Waals surface area contributed by atoms with E-state index >= 15 is 0 Å². The molecule has 1 aromatic rings. The quantitative estimate of drug-likeness (QED) is 0.771. The molecule has 4 saturated carbocycles. The summed E-state index contributed by atoms with van der Waals surface area (Å²) in [7, 11) is 0. The molecule has 1 aromatic carbocycles. The number of hydrogen-bond acceptors (Lipinski definition) is 1. The predicted molar refractivity (Wildman–Crippen MR) is 71.1 cm³/mol. The first-order chi connectivity index (χ1) is 8.75. The third kappa shape index (κ3) is 1.49. The first-order valence-electron chi connectivity index (χ1n) is 7.33. The molecule has 18 heavy (non-hydrogen) atoms. The minimum absolute atomic E-state index is 0.0239. The minimum Gasteiger partial charge on any atom is -0.299 e. The number of hydrogen-bond donors (Lipinski definition) is 0. The Kier molecular flexibility index (Phi) is 2.21. The third-order valence-electron chi connectivity index (χ3n) is 5.54. The topological polar surface area (TPSA) is 17.1 Å². The zero-order chi connectivity index (χ0) is 12.2. The van der Waals surface area contributed by atoms with Crippen molar-refractivity contribution in [3.63, 3.8) is 0 Å². The zero-order valence-electron chi connectivity index (χ0n) is 10.8. The maximum absolute atomic E-state index is 12.7. The third-order valence-corrected chi connectivity index (χ3v) is 5.54. The summed E-state index contributed by atoms with van der Waals surface area (Å²) in [6, 6.07) is 10.6. The molecule has 2 atom stereocenters. The lowest BCUT2D eigenvalue weighted by Crippen LogP contribution is -2.54. The molecule has 0 aromatic heterocycles. The molecule has 0 radical (unpaired) electrons. The molecule has 4 aliphatic rings. The number of rotatable bonds is 2. The van der Waals surface area contributed by atoms with Crippen LogP contribution in [0.25, 0.3) is 0 Å². The monoisotopic (exact) mass is 240 g/mol. The van der Waals surface area contributed by atoms with E-state index in [1.807, 2.05) is 0 Å². The van der Waals surface area contributed by atoms with E-state index in [2.05, 4.69) is 30.3 Å². The van der Waals surface area contributed by atoms with E-state index < -0.39 is 0 Å². The summed E-state index contributed by atoms with van der Waals surface area (Å²) in [6.07, 6.45) is 7.15. The molecule has 4 bridgehead atoms. The highest BCUT2D eigenvalue weighted by Gasteiger charge is 2.56. The van der Waals surface area contributed by atoms with Gasteiger partial charge in [0.1, 0.15) is 5.78 Å². The van der Waals surface area contributed by atoms with Crippen molar-refractivity contribution >= 4 is 5.78 Å². The van der Waals surface area contributed by atoms with Gasteiger partial charge >= 0.3 is 0 Å². The van der Waals surface area contributed by atoms with Crippen LogP contribution in [0.4, 0.5) is 0 Å². The average molecular weight is 240 g/mol. The van der Waals surface area contributed by atoms with Crippen molar-refractivity contribution in [3.8, 4) is 0 Å². The van der Waals surface area contributed by atoms with Gasteiger partial charge in [-0.25, -0.2) is 0 Å². The van der Waals surface area contributed by atoms with E-state index in [9.17, 15) is 4.79 Å². The van der Waals surface area contributed by atoms with Gasteiger partial charge in [0.25, 0.3) is 0 Å². The molecule has 1 heteroatoms. The normalized spacial score (nSPS) is 41.3. The van der Waals surface area contributed by atoms with Crippen LogP contribution in [0.3, 0.4) is 0 Å². The molecule has 0 aliphatic heterocycles. The van der Waals surface area contributed by atoms with Gasteiger partial charge in [-0.3, -0.25) is 4.79 Å². The molecule has 0 amide bonds. The van der Waals surface area contributed by atoms with E-state index in [1.165, 1.54) is 37.7 Å². The van der Waals surface area contributed by atoms with Crippen LogP contribution in [0.5, 0.6) is 0 Å². The van der Waals surface area contributed by atoms with Crippen LogP contribution >= 0.6 is 0 Å². The van der Waals surface area contributed by atoms with Gasteiger partial charge in [-0.1, -0.05) is 30.3 Å². The summed E-state index contributed by atoms with van der Waals surface area (Å²) in [5, 5.41) is 0. The van der Waals surface area contributed by atoms with Crippen LogP contribution in [-0.2, 0) is 11.2 Å².